The smallest absolute Gasteiger partial charge is 0.380 e. The summed E-state index contributed by atoms with van der Waals surface area (Å²) in [6, 6.07) is 2.62. The second kappa shape index (κ2) is 8.53. The highest BCUT2D eigenvalue weighted by molar-refractivity contribution is 7.85. The fourth-order valence-electron chi connectivity index (χ4n) is 3.03. The molecule has 4 atom stereocenters. The van der Waals surface area contributed by atoms with E-state index >= 15 is 0 Å². The SMILES string of the molecule is Nc1ncnc2c1ncn2C1OC(COS(=O)(=O)/N=C(\[O-])c2cccnc2Cl)[C@@H](O)[C@H]1O. The summed E-state index contributed by atoms with van der Waals surface area (Å²) >= 11 is 5.75. The van der Waals surface area contributed by atoms with Gasteiger partial charge in [0.15, 0.2) is 17.7 Å². The Morgan fingerprint density at radius 3 is 2.84 bits per heavy atom. The number of hydrogen-bond acceptors (Lipinski definition) is 12. The number of nitrogens with two attached hydrogens (primary N) is 1. The predicted molar refractivity (Wildman–Crippen MR) is 106 cm³/mol. The summed E-state index contributed by atoms with van der Waals surface area (Å²) in [5.74, 6) is -1.08. The Morgan fingerprint density at radius 2 is 2.09 bits per heavy atom. The van der Waals surface area contributed by atoms with Crippen LogP contribution in [-0.2, 0) is 19.2 Å². The number of halogens is 1. The first-order chi connectivity index (χ1) is 15.2. The van der Waals surface area contributed by atoms with Crippen molar-refractivity contribution in [2.24, 2.45) is 4.40 Å². The lowest BCUT2D eigenvalue weighted by Crippen LogP contribution is -2.34. The van der Waals surface area contributed by atoms with Gasteiger partial charge in [0.05, 0.1) is 12.9 Å². The molecule has 4 heterocycles. The summed E-state index contributed by atoms with van der Waals surface area (Å²) < 4.78 is 38.7. The molecular weight excluding hydrogens is 470 g/mol. The summed E-state index contributed by atoms with van der Waals surface area (Å²) in [7, 11) is -4.73. The molecule has 16 heteroatoms. The van der Waals surface area contributed by atoms with Crippen LogP contribution in [0.2, 0.25) is 5.15 Å². The van der Waals surface area contributed by atoms with Crippen molar-refractivity contribution in [1.82, 2.24) is 24.5 Å². The van der Waals surface area contributed by atoms with Gasteiger partial charge < -0.3 is 25.8 Å². The van der Waals surface area contributed by atoms with Gasteiger partial charge in [-0.3, -0.25) is 4.57 Å². The second-order valence-corrected chi connectivity index (χ2v) is 8.21. The third kappa shape index (κ3) is 4.21. The molecule has 0 aliphatic carbocycles. The second-order valence-electron chi connectivity index (χ2n) is 6.58. The minimum Gasteiger partial charge on any atom is -0.857 e. The molecular formula is C16H15ClN7O7S-. The average Bonchev–Trinajstić information content (AvgIpc) is 3.29. The van der Waals surface area contributed by atoms with E-state index in [9.17, 15) is 23.7 Å². The van der Waals surface area contributed by atoms with Gasteiger partial charge in [-0.05, 0) is 12.1 Å². The van der Waals surface area contributed by atoms with Crippen LogP contribution in [0.25, 0.3) is 11.2 Å². The minimum atomic E-state index is -4.73. The third-order valence-corrected chi connectivity index (χ3v) is 5.69. The van der Waals surface area contributed by atoms with Crippen LogP contribution < -0.4 is 10.8 Å². The van der Waals surface area contributed by atoms with Crippen molar-refractivity contribution in [2.45, 2.75) is 24.5 Å². The van der Waals surface area contributed by atoms with Crippen molar-refractivity contribution >= 4 is 44.8 Å². The first kappa shape index (κ1) is 22.3. The summed E-state index contributed by atoms with van der Waals surface area (Å²) in [4.78, 5) is 15.5. The van der Waals surface area contributed by atoms with Crippen LogP contribution in [0.5, 0.6) is 0 Å². The number of imidazole rings is 1. The number of anilines is 1. The summed E-state index contributed by atoms with van der Waals surface area (Å²) in [6.07, 6.45) is -1.69. The van der Waals surface area contributed by atoms with Gasteiger partial charge in [0.25, 0.3) is 0 Å². The fraction of sp³-hybridized carbons (Fsp3) is 0.312. The molecule has 2 unspecified atom stereocenters. The molecule has 0 bridgehead atoms. The molecule has 3 aromatic heterocycles. The number of hydrogen-bond donors (Lipinski definition) is 3. The molecule has 1 aliphatic heterocycles. The van der Waals surface area contributed by atoms with E-state index in [-0.39, 0.29) is 27.7 Å². The molecule has 14 nitrogen and oxygen atoms in total. The Morgan fingerprint density at radius 1 is 1.31 bits per heavy atom. The lowest BCUT2D eigenvalue weighted by atomic mass is 10.1. The molecule has 0 amide bonds. The molecule has 0 aromatic carbocycles. The highest BCUT2D eigenvalue weighted by atomic mass is 35.5. The maximum Gasteiger partial charge on any atom is 0.380 e. The molecule has 1 fully saturated rings. The number of fused-ring (bicyclic) bond motifs is 1. The van der Waals surface area contributed by atoms with Crippen LogP contribution in [0.15, 0.2) is 35.4 Å². The number of ether oxygens (including phenoxy) is 1. The fourth-order valence-corrected chi connectivity index (χ4v) is 3.89. The first-order valence-corrected chi connectivity index (χ1v) is 10.6. The highest BCUT2D eigenvalue weighted by Gasteiger charge is 2.45. The Hall–Kier alpha value is -2.95. The van der Waals surface area contributed by atoms with E-state index in [1.165, 1.54) is 35.6 Å². The van der Waals surface area contributed by atoms with E-state index in [2.05, 4.69) is 24.3 Å². The van der Waals surface area contributed by atoms with Gasteiger partial charge in [0.2, 0.25) is 0 Å². The molecule has 1 saturated heterocycles. The third-order valence-electron chi connectivity index (χ3n) is 4.56. The van der Waals surface area contributed by atoms with E-state index in [4.69, 9.17) is 26.3 Å². The largest absolute Gasteiger partial charge is 0.857 e. The zero-order valence-corrected chi connectivity index (χ0v) is 17.5. The Balaban J connectivity index is 1.48. The van der Waals surface area contributed by atoms with Crippen LogP contribution in [0.1, 0.15) is 11.8 Å². The minimum absolute atomic E-state index is 0.104. The Bertz CT molecular complexity index is 1280. The van der Waals surface area contributed by atoms with Crippen molar-refractivity contribution in [3.05, 3.63) is 41.7 Å². The molecule has 0 saturated carbocycles. The van der Waals surface area contributed by atoms with Crippen molar-refractivity contribution in [3.8, 4) is 0 Å². The van der Waals surface area contributed by atoms with E-state index in [1.807, 2.05) is 0 Å². The standard InChI is InChI=1S/C16H16ClN7O7S/c17-12-7(2-1-3-19-12)15(27)23-32(28,29)30-4-8-10(25)11(26)16(31-8)24-6-22-9-13(18)20-5-21-14(9)24/h1-3,5-6,8,10-11,16,25-26H,4H2,(H,23,27)(H2,18,20,21)/p-1/t8?,10-,11-,16?/m1/s1. The number of rotatable bonds is 6. The molecule has 4 N–H and O–H groups in total. The molecule has 3 aromatic rings. The number of nitrogens with zero attached hydrogens (tertiary/aromatic N) is 6. The van der Waals surface area contributed by atoms with Gasteiger partial charge in [-0.1, -0.05) is 11.6 Å². The lowest BCUT2D eigenvalue weighted by Gasteiger charge is -2.16. The van der Waals surface area contributed by atoms with Crippen molar-refractivity contribution < 1.29 is 32.7 Å². The van der Waals surface area contributed by atoms with Crippen LogP contribution >= 0.6 is 11.6 Å². The topological polar surface area (TPSA) is 211 Å². The van der Waals surface area contributed by atoms with Crippen LogP contribution in [-0.4, -0.2) is 74.0 Å². The summed E-state index contributed by atoms with van der Waals surface area (Å²) in [5.41, 5.74) is 5.98. The van der Waals surface area contributed by atoms with Crippen LogP contribution in [0.4, 0.5) is 5.82 Å². The lowest BCUT2D eigenvalue weighted by molar-refractivity contribution is -0.212. The van der Waals surface area contributed by atoms with Gasteiger partial charge in [-0.25, -0.2) is 24.1 Å². The molecule has 0 spiro atoms. The maximum atomic E-state index is 12.1. The van der Waals surface area contributed by atoms with Crippen molar-refractivity contribution in [3.63, 3.8) is 0 Å². The molecule has 32 heavy (non-hydrogen) atoms. The number of nitrogen functional groups attached to an aromatic ring is 1. The Kier molecular flexibility index (Phi) is 5.93. The van der Waals surface area contributed by atoms with Crippen molar-refractivity contribution in [1.29, 1.82) is 0 Å². The highest BCUT2D eigenvalue weighted by Crippen LogP contribution is 2.32. The van der Waals surface area contributed by atoms with Crippen LogP contribution in [0.3, 0.4) is 0 Å². The van der Waals surface area contributed by atoms with E-state index < -0.39 is 47.3 Å². The number of aromatic nitrogens is 5. The quantitative estimate of drug-likeness (QED) is 0.200. The summed E-state index contributed by atoms with van der Waals surface area (Å²) in [5, 5.41) is 32.5. The maximum absolute atomic E-state index is 12.1. The number of aliphatic hydroxyl groups is 2. The number of aliphatic hydroxyl groups excluding tert-OH is 2. The van der Waals surface area contributed by atoms with Crippen molar-refractivity contribution in [2.75, 3.05) is 12.3 Å². The van der Waals surface area contributed by atoms with Gasteiger partial charge >= 0.3 is 10.3 Å². The average molecular weight is 485 g/mol. The predicted octanol–water partition coefficient (Wildman–Crippen LogP) is -1.86. The molecule has 1 aliphatic rings. The monoisotopic (exact) mass is 484 g/mol. The normalized spacial score (nSPS) is 24.3. The first-order valence-electron chi connectivity index (χ1n) is 8.90. The Labute approximate surface area is 185 Å². The van der Waals surface area contributed by atoms with Gasteiger partial charge in [-0.15, -0.1) is 0 Å². The van der Waals surface area contributed by atoms with E-state index in [0.29, 0.717) is 0 Å². The van der Waals surface area contributed by atoms with E-state index in [0.717, 1.165) is 0 Å². The molecule has 170 valence electrons. The summed E-state index contributed by atoms with van der Waals surface area (Å²) in [6.45, 7) is -0.738. The zero-order valence-electron chi connectivity index (χ0n) is 15.9. The molecule has 4 rings (SSSR count). The zero-order chi connectivity index (χ0) is 23.0. The molecule has 0 radical (unpaired) electrons. The van der Waals surface area contributed by atoms with Gasteiger partial charge in [0.1, 0.15) is 35.3 Å². The number of pyridine rings is 1. The van der Waals surface area contributed by atoms with Gasteiger partial charge in [-0.2, -0.15) is 12.8 Å². The van der Waals surface area contributed by atoms with Crippen LogP contribution in [0, 0.1) is 0 Å². The van der Waals surface area contributed by atoms with Gasteiger partial charge in [0, 0.05) is 17.7 Å². The van der Waals surface area contributed by atoms with E-state index in [1.54, 1.807) is 0 Å².